The summed E-state index contributed by atoms with van der Waals surface area (Å²) in [5.74, 6) is -2.96. The molecule has 1 heterocycles. The summed E-state index contributed by atoms with van der Waals surface area (Å²) in [5, 5.41) is 17.8. The van der Waals surface area contributed by atoms with Crippen LogP contribution in [0.1, 0.15) is 59.0 Å². The first kappa shape index (κ1) is 17.8. The molecule has 0 amide bonds. The van der Waals surface area contributed by atoms with Crippen LogP contribution in [-0.2, 0) is 11.2 Å². The first-order chi connectivity index (χ1) is 10.4. The second-order valence-electron chi connectivity index (χ2n) is 5.05. The highest BCUT2D eigenvalue weighted by Crippen LogP contribution is 2.15. The van der Waals surface area contributed by atoms with Gasteiger partial charge in [-0.3, -0.25) is 9.59 Å². The molecule has 7 nitrogen and oxygen atoms in total. The first-order valence-electron chi connectivity index (χ1n) is 7.10. The average molecular weight is 308 g/mol. The van der Waals surface area contributed by atoms with Crippen LogP contribution in [0.4, 0.5) is 0 Å². The summed E-state index contributed by atoms with van der Waals surface area (Å²) < 4.78 is 0. The van der Waals surface area contributed by atoms with Gasteiger partial charge >= 0.3 is 11.9 Å². The van der Waals surface area contributed by atoms with Gasteiger partial charge < -0.3 is 15.9 Å². The van der Waals surface area contributed by atoms with E-state index in [1.54, 1.807) is 0 Å². The Kier molecular flexibility index (Phi) is 6.65. The average Bonchev–Trinajstić information content (AvgIpc) is 2.49. The van der Waals surface area contributed by atoms with E-state index >= 15 is 0 Å². The zero-order valence-electron chi connectivity index (χ0n) is 12.4. The van der Waals surface area contributed by atoms with E-state index in [0.29, 0.717) is 6.42 Å². The van der Waals surface area contributed by atoms with Crippen LogP contribution in [0.2, 0.25) is 0 Å². The summed E-state index contributed by atoms with van der Waals surface area (Å²) >= 11 is 0. The van der Waals surface area contributed by atoms with Crippen molar-refractivity contribution in [3.8, 4) is 0 Å². The van der Waals surface area contributed by atoms with Crippen molar-refractivity contribution in [2.75, 3.05) is 0 Å². The third-order valence-electron chi connectivity index (χ3n) is 3.24. The minimum atomic E-state index is -1.31. The summed E-state index contributed by atoms with van der Waals surface area (Å²) in [6, 6.07) is 0.437. The number of nitrogens with two attached hydrogens (primary N) is 1. The Balaban J connectivity index is 3.04. The van der Waals surface area contributed by atoms with Crippen LogP contribution in [-0.4, -0.2) is 39.0 Å². The van der Waals surface area contributed by atoms with Gasteiger partial charge in [-0.15, -0.1) is 0 Å². The molecule has 22 heavy (non-hydrogen) atoms. The number of carboxylic acids is 2. The van der Waals surface area contributed by atoms with E-state index in [1.807, 2.05) is 6.92 Å². The van der Waals surface area contributed by atoms with Crippen LogP contribution in [0.3, 0.4) is 0 Å². The summed E-state index contributed by atoms with van der Waals surface area (Å²) in [4.78, 5) is 37.9. The van der Waals surface area contributed by atoms with Crippen molar-refractivity contribution in [3.05, 3.63) is 29.1 Å². The zero-order valence-corrected chi connectivity index (χ0v) is 12.4. The number of Topliss-reactive ketones (excluding diaryl/α,β-unsaturated/α-hetero) is 1. The molecule has 0 spiro atoms. The molecule has 0 aliphatic carbocycles. The number of carbonyl (C=O) groups is 3. The lowest BCUT2D eigenvalue weighted by Crippen LogP contribution is -2.32. The zero-order chi connectivity index (χ0) is 16.7. The molecule has 0 saturated heterocycles. The fourth-order valence-corrected chi connectivity index (χ4v) is 1.99. The quantitative estimate of drug-likeness (QED) is 0.589. The van der Waals surface area contributed by atoms with Crippen molar-refractivity contribution in [3.63, 3.8) is 0 Å². The maximum Gasteiger partial charge on any atom is 0.355 e. The van der Waals surface area contributed by atoms with Crippen LogP contribution in [0.5, 0.6) is 0 Å². The molecule has 0 aliphatic heterocycles. The van der Waals surface area contributed by atoms with Gasteiger partial charge in [0.05, 0.1) is 11.6 Å². The largest absolute Gasteiger partial charge is 0.481 e. The maximum atomic E-state index is 12.3. The Morgan fingerprint density at radius 3 is 2.55 bits per heavy atom. The molecule has 0 aliphatic rings. The van der Waals surface area contributed by atoms with E-state index in [4.69, 9.17) is 15.9 Å². The number of nitrogens with zero attached hydrogens (tertiary/aromatic N) is 1. The lowest BCUT2D eigenvalue weighted by Gasteiger charge is -2.12. The van der Waals surface area contributed by atoms with Gasteiger partial charge in [0, 0.05) is 12.6 Å². The number of unbranched alkanes of at least 4 members (excludes halogenated alkanes) is 1. The van der Waals surface area contributed by atoms with Crippen molar-refractivity contribution >= 4 is 17.7 Å². The number of aromatic carboxylic acids is 1. The minimum Gasteiger partial charge on any atom is -0.481 e. The Morgan fingerprint density at radius 1 is 1.32 bits per heavy atom. The van der Waals surface area contributed by atoms with Crippen LogP contribution >= 0.6 is 0 Å². The van der Waals surface area contributed by atoms with Gasteiger partial charge in [0.2, 0.25) is 0 Å². The van der Waals surface area contributed by atoms with E-state index in [9.17, 15) is 14.4 Å². The number of hydrogen-bond acceptors (Lipinski definition) is 5. The van der Waals surface area contributed by atoms with E-state index in [1.165, 1.54) is 12.3 Å². The lowest BCUT2D eigenvalue weighted by atomic mass is 9.97. The molecule has 0 bridgehead atoms. The van der Waals surface area contributed by atoms with Crippen molar-refractivity contribution in [1.82, 2.24) is 4.98 Å². The molecule has 1 aromatic rings. The number of ketones is 1. The Morgan fingerprint density at radius 2 is 2.00 bits per heavy atom. The van der Waals surface area contributed by atoms with Crippen molar-refractivity contribution in [2.45, 2.75) is 45.1 Å². The summed E-state index contributed by atoms with van der Waals surface area (Å²) in [5.41, 5.74) is 6.04. The molecular formula is C15H20N2O5. The summed E-state index contributed by atoms with van der Waals surface area (Å²) in [6.45, 7) is 2.02. The highest BCUT2D eigenvalue weighted by atomic mass is 16.4. The smallest absolute Gasteiger partial charge is 0.355 e. The van der Waals surface area contributed by atoms with E-state index in [-0.39, 0.29) is 24.1 Å². The number of carboxylic acid groups (broad SMARTS) is 2. The van der Waals surface area contributed by atoms with Crippen LogP contribution in [0, 0.1) is 0 Å². The van der Waals surface area contributed by atoms with Gasteiger partial charge in [-0.25, -0.2) is 9.78 Å². The highest BCUT2D eigenvalue weighted by molar-refractivity contribution is 6.07. The molecule has 0 radical (unpaired) electrons. The molecule has 0 aromatic carbocycles. The minimum absolute atomic E-state index is 0.0492. The standard InChI is InChI=1S/C15H20N2O5/c1-2-3-4-9-7-10(13(15(21)22)17-8-9)14(20)11(16)5-6-12(18)19/h7-8,11H,2-6,16H2,1H3,(H,18,19)(H,21,22)/t11-/m0/s1. The van der Waals surface area contributed by atoms with Gasteiger partial charge in [-0.2, -0.15) is 0 Å². The molecule has 0 saturated carbocycles. The van der Waals surface area contributed by atoms with Crippen LogP contribution < -0.4 is 5.73 Å². The fraction of sp³-hybridized carbons (Fsp3) is 0.467. The Labute approximate surface area is 128 Å². The van der Waals surface area contributed by atoms with Crippen LogP contribution in [0.15, 0.2) is 12.3 Å². The maximum absolute atomic E-state index is 12.3. The normalized spacial score (nSPS) is 11.9. The third kappa shape index (κ3) is 4.92. The number of aromatic nitrogens is 1. The van der Waals surface area contributed by atoms with E-state index in [0.717, 1.165) is 18.4 Å². The van der Waals surface area contributed by atoms with Gasteiger partial charge in [0.25, 0.3) is 0 Å². The Hall–Kier alpha value is -2.28. The van der Waals surface area contributed by atoms with Crippen LogP contribution in [0.25, 0.3) is 0 Å². The fourth-order valence-electron chi connectivity index (χ4n) is 1.99. The SMILES string of the molecule is CCCCc1cnc(C(=O)O)c(C(=O)[C@@H](N)CCC(=O)O)c1. The second-order valence-corrected chi connectivity index (χ2v) is 5.05. The van der Waals surface area contributed by atoms with E-state index in [2.05, 4.69) is 4.98 Å². The lowest BCUT2D eigenvalue weighted by molar-refractivity contribution is -0.137. The second kappa shape index (κ2) is 8.23. The molecule has 1 aromatic heterocycles. The van der Waals surface area contributed by atoms with Gasteiger partial charge in [0.15, 0.2) is 11.5 Å². The number of carbonyl (C=O) groups excluding carboxylic acids is 1. The molecule has 0 unspecified atom stereocenters. The number of hydrogen-bond donors (Lipinski definition) is 3. The predicted molar refractivity (Wildman–Crippen MR) is 79.0 cm³/mol. The van der Waals surface area contributed by atoms with Gasteiger partial charge in [-0.1, -0.05) is 13.3 Å². The molecule has 120 valence electrons. The number of pyridine rings is 1. The third-order valence-corrected chi connectivity index (χ3v) is 3.24. The predicted octanol–water partition coefficient (Wildman–Crippen LogP) is 1.50. The monoisotopic (exact) mass is 308 g/mol. The number of rotatable bonds is 9. The molecule has 1 atom stereocenters. The number of aliphatic carboxylic acids is 1. The molecule has 1 rings (SSSR count). The molecule has 7 heteroatoms. The van der Waals surface area contributed by atoms with Crippen molar-refractivity contribution in [2.24, 2.45) is 5.73 Å². The van der Waals surface area contributed by atoms with Gasteiger partial charge in [-0.05, 0) is 30.9 Å². The summed E-state index contributed by atoms with van der Waals surface area (Å²) in [7, 11) is 0. The molecule has 4 N–H and O–H groups in total. The van der Waals surface area contributed by atoms with Gasteiger partial charge in [0.1, 0.15) is 0 Å². The summed E-state index contributed by atoms with van der Waals surface area (Å²) in [6.07, 6.45) is 3.69. The first-order valence-corrected chi connectivity index (χ1v) is 7.10. The van der Waals surface area contributed by atoms with E-state index < -0.39 is 23.8 Å². The molecule has 0 fully saturated rings. The Bertz CT molecular complexity index is 571. The van der Waals surface area contributed by atoms with Crippen molar-refractivity contribution < 1.29 is 24.6 Å². The van der Waals surface area contributed by atoms with Crippen molar-refractivity contribution in [1.29, 1.82) is 0 Å². The number of aryl methyl sites for hydroxylation is 1. The molecular weight excluding hydrogens is 288 g/mol. The highest BCUT2D eigenvalue weighted by Gasteiger charge is 2.24. The topological polar surface area (TPSA) is 131 Å².